The third-order valence-electron chi connectivity index (χ3n) is 2.78. The van der Waals surface area contributed by atoms with Gasteiger partial charge in [0.05, 0.1) is 0 Å². The van der Waals surface area contributed by atoms with Gasteiger partial charge >= 0.3 is 12.3 Å². The molecule has 1 amide bonds. The monoisotopic (exact) mass is 242 g/mol. The number of alkyl halides is 4. The van der Waals surface area contributed by atoms with Crippen LogP contribution in [0.2, 0.25) is 0 Å². The Kier molecular flexibility index (Phi) is 3.77. The summed E-state index contributed by atoms with van der Waals surface area (Å²) in [7, 11) is 1.09. The minimum atomic E-state index is -4.63. The molecule has 0 aromatic heterocycles. The van der Waals surface area contributed by atoms with Gasteiger partial charge in [-0.2, -0.15) is 8.78 Å². The van der Waals surface area contributed by atoms with Crippen molar-refractivity contribution in [2.45, 2.75) is 31.2 Å². The zero-order chi connectivity index (χ0) is 12.5. The van der Waals surface area contributed by atoms with Gasteiger partial charge in [0, 0.05) is 19.6 Å². The van der Waals surface area contributed by atoms with Gasteiger partial charge in [0.25, 0.3) is 5.91 Å². The Hall–Kier alpha value is -0.850. The van der Waals surface area contributed by atoms with Crippen LogP contribution in [-0.4, -0.2) is 42.8 Å². The van der Waals surface area contributed by atoms with E-state index in [4.69, 9.17) is 5.73 Å². The molecule has 1 fully saturated rings. The first kappa shape index (κ1) is 13.2. The summed E-state index contributed by atoms with van der Waals surface area (Å²) in [5, 5.41) is 0. The molecule has 0 spiro atoms. The van der Waals surface area contributed by atoms with Crippen LogP contribution in [-0.2, 0) is 4.79 Å². The van der Waals surface area contributed by atoms with Crippen molar-refractivity contribution in [1.82, 2.24) is 4.90 Å². The highest BCUT2D eigenvalue weighted by Gasteiger charge is 2.52. The summed E-state index contributed by atoms with van der Waals surface area (Å²) in [6.45, 7) is 0.00618. The minimum Gasteiger partial charge on any atom is -0.336 e. The number of carbonyl (C=O) groups excluding carboxylic acids is 1. The Morgan fingerprint density at radius 2 is 2.00 bits per heavy atom. The van der Waals surface area contributed by atoms with Crippen molar-refractivity contribution in [1.29, 1.82) is 0 Å². The van der Waals surface area contributed by atoms with Crippen LogP contribution in [0.15, 0.2) is 0 Å². The molecule has 1 aliphatic carbocycles. The number of hydrogen-bond donors (Lipinski definition) is 1. The fourth-order valence-electron chi connectivity index (χ4n) is 1.63. The van der Waals surface area contributed by atoms with Crippen molar-refractivity contribution in [3.05, 3.63) is 0 Å². The Labute approximate surface area is 90.6 Å². The third kappa shape index (κ3) is 2.45. The lowest BCUT2D eigenvalue weighted by Crippen LogP contribution is -2.52. The molecule has 16 heavy (non-hydrogen) atoms. The van der Waals surface area contributed by atoms with Gasteiger partial charge in [0.1, 0.15) is 0 Å². The van der Waals surface area contributed by atoms with E-state index in [-0.39, 0.29) is 12.5 Å². The highest BCUT2D eigenvalue weighted by atomic mass is 19.3. The second kappa shape index (κ2) is 4.57. The molecule has 7 heteroatoms. The molecule has 0 aliphatic heterocycles. The van der Waals surface area contributed by atoms with Crippen LogP contribution in [0.4, 0.5) is 17.6 Å². The van der Waals surface area contributed by atoms with E-state index in [1.54, 1.807) is 0 Å². The molecule has 0 aromatic carbocycles. The summed E-state index contributed by atoms with van der Waals surface area (Å²) in [5.41, 5.74) is 5.35. The van der Waals surface area contributed by atoms with Crippen LogP contribution >= 0.6 is 0 Å². The van der Waals surface area contributed by atoms with Crippen LogP contribution in [0.3, 0.4) is 0 Å². The summed E-state index contributed by atoms with van der Waals surface area (Å²) < 4.78 is 49.5. The molecule has 1 saturated carbocycles. The summed E-state index contributed by atoms with van der Waals surface area (Å²) in [5.74, 6) is -6.42. The molecule has 0 heterocycles. The zero-order valence-electron chi connectivity index (χ0n) is 8.80. The Morgan fingerprint density at radius 3 is 2.31 bits per heavy atom. The molecular formula is C9H14F4N2O. The van der Waals surface area contributed by atoms with Gasteiger partial charge in [-0.3, -0.25) is 4.79 Å². The summed E-state index contributed by atoms with van der Waals surface area (Å²) in [6, 6.07) is -0.572. The lowest BCUT2D eigenvalue weighted by molar-refractivity contribution is -0.181. The molecule has 1 rings (SSSR count). The predicted octanol–water partition coefficient (Wildman–Crippen LogP) is 1.08. The van der Waals surface area contributed by atoms with E-state index in [0.29, 0.717) is 4.90 Å². The highest BCUT2D eigenvalue weighted by molar-refractivity contribution is 5.84. The average molecular weight is 242 g/mol. The molecule has 2 N–H and O–H groups in total. The van der Waals surface area contributed by atoms with Gasteiger partial charge in [0.2, 0.25) is 0 Å². The number of nitrogens with zero attached hydrogens (tertiary/aromatic N) is 1. The molecule has 1 aliphatic rings. The van der Waals surface area contributed by atoms with Crippen LogP contribution in [0.1, 0.15) is 12.8 Å². The quantitative estimate of drug-likeness (QED) is 0.733. The van der Waals surface area contributed by atoms with E-state index >= 15 is 0 Å². The van der Waals surface area contributed by atoms with E-state index in [0.717, 1.165) is 19.9 Å². The van der Waals surface area contributed by atoms with Crippen LogP contribution in [0, 0.1) is 5.92 Å². The first-order chi connectivity index (χ1) is 7.32. The summed E-state index contributed by atoms with van der Waals surface area (Å²) in [4.78, 5) is 11.8. The fourth-order valence-corrected chi connectivity index (χ4v) is 1.63. The number of nitrogens with two attached hydrogens (primary N) is 1. The average Bonchev–Trinajstić information content (AvgIpc) is 3.01. The van der Waals surface area contributed by atoms with Crippen LogP contribution in [0.25, 0.3) is 0 Å². The standard InChI is InChI=1S/C9H14F4N2O/c1-15(6(4-14)5-2-3-5)8(16)9(12,13)7(10)11/h5-7H,2-4,14H2,1H3. The van der Waals surface area contributed by atoms with Gasteiger partial charge in [-0.25, -0.2) is 8.78 Å². The molecule has 0 bridgehead atoms. The number of amides is 1. The normalized spacial score (nSPS) is 18.7. The first-order valence-electron chi connectivity index (χ1n) is 4.95. The van der Waals surface area contributed by atoms with Gasteiger partial charge in [0.15, 0.2) is 0 Å². The number of carbonyl (C=O) groups is 1. The van der Waals surface area contributed by atoms with Crippen molar-refractivity contribution < 1.29 is 22.4 Å². The summed E-state index contributed by atoms with van der Waals surface area (Å²) >= 11 is 0. The van der Waals surface area contributed by atoms with Crippen LogP contribution < -0.4 is 5.73 Å². The molecule has 1 unspecified atom stereocenters. The molecule has 1 atom stereocenters. The Balaban J connectivity index is 2.71. The molecule has 0 aromatic rings. The number of halogens is 4. The number of rotatable bonds is 5. The second-order valence-corrected chi connectivity index (χ2v) is 3.98. The second-order valence-electron chi connectivity index (χ2n) is 3.98. The lowest BCUT2D eigenvalue weighted by atomic mass is 10.1. The van der Waals surface area contributed by atoms with E-state index in [1.807, 2.05) is 0 Å². The van der Waals surface area contributed by atoms with E-state index < -0.39 is 24.3 Å². The lowest BCUT2D eigenvalue weighted by Gasteiger charge is -2.30. The molecule has 0 radical (unpaired) electrons. The van der Waals surface area contributed by atoms with Gasteiger partial charge in [-0.15, -0.1) is 0 Å². The van der Waals surface area contributed by atoms with Crippen molar-refractivity contribution in [2.24, 2.45) is 11.7 Å². The van der Waals surface area contributed by atoms with Gasteiger partial charge in [-0.05, 0) is 18.8 Å². The third-order valence-corrected chi connectivity index (χ3v) is 2.78. The van der Waals surface area contributed by atoms with Crippen molar-refractivity contribution in [3.8, 4) is 0 Å². The largest absolute Gasteiger partial charge is 0.383 e. The first-order valence-corrected chi connectivity index (χ1v) is 4.95. The van der Waals surface area contributed by atoms with Crippen molar-refractivity contribution in [2.75, 3.05) is 13.6 Å². The minimum absolute atomic E-state index is 0.00618. The van der Waals surface area contributed by atoms with E-state index in [9.17, 15) is 22.4 Å². The molecule has 94 valence electrons. The molecular weight excluding hydrogens is 228 g/mol. The maximum atomic E-state index is 12.8. The Morgan fingerprint density at radius 1 is 1.50 bits per heavy atom. The van der Waals surface area contributed by atoms with Crippen molar-refractivity contribution in [3.63, 3.8) is 0 Å². The molecule has 0 saturated heterocycles. The number of hydrogen-bond acceptors (Lipinski definition) is 2. The topological polar surface area (TPSA) is 46.3 Å². The van der Waals surface area contributed by atoms with Gasteiger partial charge in [-0.1, -0.05) is 0 Å². The number of likely N-dealkylation sites (N-methyl/N-ethyl adjacent to an activating group) is 1. The van der Waals surface area contributed by atoms with E-state index in [2.05, 4.69) is 0 Å². The summed E-state index contributed by atoms with van der Waals surface area (Å²) in [6.07, 6.45) is -2.40. The van der Waals surface area contributed by atoms with Gasteiger partial charge < -0.3 is 10.6 Å². The fraction of sp³-hybridized carbons (Fsp3) is 0.889. The maximum absolute atomic E-state index is 12.8. The zero-order valence-corrected chi connectivity index (χ0v) is 8.80. The Bertz CT molecular complexity index is 268. The highest BCUT2D eigenvalue weighted by Crippen LogP contribution is 2.36. The molecule has 3 nitrogen and oxygen atoms in total. The van der Waals surface area contributed by atoms with Crippen LogP contribution in [0.5, 0.6) is 0 Å². The SMILES string of the molecule is CN(C(=O)C(F)(F)C(F)F)C(CN)C1CC1. The van der Waals surface area contributed by atoms with Crippen molar-refractivity contribution >= 4 is 5.91 Å². The smallest absolute Gasteiger partial charge is 0.336 e. The predicted molar refractivity (Wildman–Crippen MR) is 49.3 cm³/mol. The maximum Gasteiger partial charge on any atom is 0.383 e. The van der Waals surface area contributed by atoms with E-state index in [1.165, 1.54) is 0 Å².